The Bertz CT molecular complexity index is 940. The predicted octanol–water partition coefficient (Wildman–Crippen LogP) is 1.36. The fraction of sp³-hybridized carbons (Fsp3) is 0.333. The Morgan fingerprint density at radius 3 is 2.61 bits per heavy atom. The lowest BCUT2D eigenvalue weighted by molar-refractivity contribution is -0.140. The summed E-state index contributed by atoms with van der Waals surface area (Å²) < 4.78 is 31.2. The maximum absolute atomic E-state index is 14.9. The van der Waals surface area contributed by atoms with E-state index >= 15 is 0 Å². The highest BCUT2D eigenvalue weighted by Gasteiger charge is 2.33. The maximum Gasteiger partial charge on any atom is 0.355 e. The average Bonchev–Trinajstić information content (AvgIpc) is 3.21. The Hall–Kier alpha value is -3.27. The SMILES string of the molecule is CCc1cn(-c2ccc(N3COCC(C(=O)OC)=C3C(=O)OC)c(F)c2)nn1. The molecule has 0 unspecified atom stereocenters. The highest BCUT2D eigenvalue weighted by molar-refractivity contribution is 6.03. The lowest BCUT2D eigenvalue weighted by atomic mass is 10.1. The van der Waals surface area contributed by atoms with Crippen LogP contribution in [0, 0.1) is 5.82 Å². The standard InChI is InChI=1S/C18H19FN4O5/c1-4-11-8-23(21-20-11)12-5-6-15(14(19)7-12)22-10-28-9-13(17(24)26-2)16(22)18(25)27-3/h5-8H,4,9-10H2,1-3H3. The van der Waals surface area contributed by atoms with Crippen molar-refractivity contribution in [1.29, 1.82) is 0 Å². The van der Waals surface area contributed by atoms with Gasteiger partial charge in [-0.05, 0) is 18.6 Å². The van der Waals surface area contributed by atoms with Crippen molar-refractivity contribution in [1.82, 2.24) is 15.0 Å². The Morgan fingerprint density at radius 1 is 1.25 bits per heavy atom. The fourth-order valence-electron chi connectivity index (χ4n) is 2.78. The van der Waals surface area contributed by atoms with Crippen molar-refractivity contribution < 1.29 is 28.2 Å². The van der Waals surface area contributed by atoms with Crippen LogP contribution in [0.5, 0.6) is 0 Å². The van der Waals surface area contributed by atoms with Crippen molar-refractivity contribution in [2.75, 3.05) is 32.5 Å². The quantitative estimate of drug-likeness (QED) is 0.707. The van der Waals surface area contributed by atoms with E-state index in [1.165, 1.54) is 35.9 Å². The summed E-state index contributed by atoms with van der Waals surface area (Å²) >= 11 is 0. The molecule has 0 N–H and O–H groups in total. The van der Waals surface area contributed by atoms with Gasteiger partial charge in [0.15, 0.2) is 0 Å². The van der Waals surface area contributed by atoms with Gasteiger partial charge in [-0.15, -0.1) is 5.10 Å². The van der Waals surface area contributed by atoms with E-state index in [0.717, 1.165) is 5.69 Å². The van der Waals surface area contributed by atoms with E-state index in [-0.39, 0.29) is 30.3 Å². The van der Waals surface area contributed by atoms with Crippen molar-refractivity contribution in [3.8, 4) is 5.69 Å². The minimum atomic E-state index is -0.795. The molecule has 1 aromatic carbocycles. The number of hydrogen-bond acceptors (Lipinski definition) is 8. The smallest absolute Gasteiger partial charge is 0.355 e. The molecule has 3 rings (SSSR count). The van der Waals surface area contributed by atoms with E-state index in [1.54, 1.807) is 12.3 Å². The van der Waals surface area contributed by atoms with E-state index < -0.39 is 17.8 Å². The number of halogens is 1. The normalized spacial score (nSPS) is 14.2. The summed E-state index contributed by atoms with van der Waals surface area (Å²) in [5.74, 6) is -2.19. The number of rotatable bonds is 5. The first kappa shape index (κ1) is 19.5. The monoisotopic (exact) mass is 390 g/mol. The highest BCUT2D eigenvalue weighted by Crippen LogP contribution is 2.30. The van der Waals surface area contributed by atoms with E-state index in [0.29, 0.717) is 12.1 Å². The largest absolute Gasteiger partial charge is 0.466 e. The molecule has 1 aliphatic rings. The number of ether oxygens (including phenoxy) is 3. The molecule has 2 heterocycles. The van der Waals surface area contributed by atoms with Crippen LogP contribution in [0.4, 0.5) is 10.1 Å². The number of nitrogens with zero attached hydrogens (tertiary/aromatic N) is 4. The Morgan fingerprint density at radius 2 is 2.00 bits per heavy atom. The molecule has 0 fully saturated rings. The van der Waals surface area contributed by atoms with Gasteiger partial charge < -0.3 is 19.1 Å². The van der Waals surface area contributed by atoms with Crippen LogP contribution in [-0.4, -0.2) is 54.5 Å². The summed E-state index contributed by atoms with van der Waals surface area (Å²) in [6, 6.07) is 4.34. The Balaban J connectivity index is 2.03. The number of carbonyl (C=O) groups is 2. The first-order valence-electron chi connectivity index (χ1n) is 8.46. The molecule has 2 aromatic rings. The molecular weight excluding hydrogens is 371 g/mol. The van der Waals surface area contributed by atoms with Gasteiger partial charge in [0, 0.05) is 6.07 Å². The Kier molecular flexibility index (Phi) is 5.69. The third-order valence-corrected chi connectivity index (χ3v) is 4.22. The fourth-order valence-corrected chi connectivity index (χ4v) is 2.78. The molecule has 1 aliphatic heterocycles. The second kappa shape index (κ2) is 8.17. The number of aryl methyl sites for hydroxylation is 1. The van der Waals surface area contributed by atoms with Crippen molar-refractivity contribution in [3.63, 3.8) is 0 Å². The number of anilines is 1. The molecule has 148 valence electrons. The van der Waals surface area contributed by atoms with Gasteiger partial charge >= 0.3 is 11.9 Å². The van der Waals surface area contributed by atoms with E-state index in [9.17, 15) is 14.0 Å². The van der Waals surface area contributed by atoms with Gasteiger partial charge in [-0.3, -0.25) is 0 Å². The molecule has 9 nitrogen and oxygen atoms in total. The summed E-state index contributed by atoms with van der Waals surface area (Å²) in [7, 11) is 2.36. The summed E-state index contributed by atoms with van der Waals surface area (Å²) in [6.07, 6.45) is 2.41. The molecule has 0 amide bonds. The summed E-state index contributed by atoms with van der Waals surface area (Å²) in [4.78, 5) is 25.5. The van der Waals surface area contributed by atoms with Crippen LogP contribution < -0.4 is 4.90 Å². The predicted molar refractivity (Wildman–Crippen MR) is 95.1 cm³/mol. The van der Waals surface area contributed by atoms with Gasteiger partial charge in [0.1, 0.15) is 18.2 Å². The minimum absolute atomic E-state index is 0.0427. The summed E-state index contributed by atoms with van der Waals surface area (Å²) in [5.41, 5.74) is 1.10. The molecule has 10 heteroatoms. The van der Waals surface area contributed by atoms with E-state index in [1.807, 2.05) is 6.92 Å². The van der Waals surface area contributed by atoms with Gasteiger partial charge in [0.2, 0.25) is 0 Å². The van der Waals surface area contributed by atoms with Crippen LogP contribution in [0.2, 0.25) is 0 Å². The van der Waals surface area contributed by atoms with Crippen molar-refractivity contribution in [2.24, 2.45) is 0 Å². The number of carbonyl (C=O) groups excluding carboxylic acids is 2. The molecule has 0 atom stereocenters. The zero-order valence-electron chi connectivity index (χ0n) is 15.6. The lowest BCUT2D eigenvalue weighted by Crippen LogP contribution is -2.39. The van der Waals surface area contributed by atoms with Gasteiger partial charge in [0.25, 0.3) is 0 Å². The van der Waals surface area contributed by atoms with Crippen LogP contribution in [-0.2, 0) is 30.2 Å². The molecule has 28 heavy (non-hydrogen) atoms. The van der Waals surface area contributed by atoms with Crippen molar-refractivity contribution >= 4 is 17.6 Å². The van der Waals surface area contributed by atoms with Crippen molar-refractivity contribution in [3.05, 3.63) is 47.2 Å². The minimum Gasteiger partial charge on any atom is -0.466 e. The van der Waals surface area contributed by atoms with Crippen LogP contribution in [0.25, 0.3) is 5.69 Å². The molecule has 0 radical (unpaired) electrons. The third-order valence-electron chi connectivity index (χ3n) is 4.22. The lowest BCUT2D eigenvalue weighted by Gasteiger charge is -2.31. The average molecular weight is 390 g/mol. The number of esters is 2. The van der Waals surface area contributed by atoms with Gasteiger partial charge in [-0.2, -0.15) is 0 Å². The molecule has 0 aliphatic carbocycles. The topological polar surface area (TPSA) is 95.8 Å². The summed E-state index contributed by atoms with van der Waals surface area (Å²) in [6.45, 7) is 1.66. The molecule has 0 saturated carbocycles. The van der Waals surface area contributed by atoms with Crippen LogP contribution in [0.15, 0.2) is 35.7 Å². The number of benzene rings is 1. The first-order chi connectivity index (χ1) is 13.5. The Labute approximate surface area is 160 Å². The number of methoxy groups -OCH3 is 2. The zero-order valence-corrected chi connectivity index (χ0v) is 15.6. The molecule has 0 spiro atoms. The van der Waals surface area contributed by atoms with Crippen LogP contribution in [0.1, 0.15) is 12.6 Å². The zero-order chi connectivity index (χ0) is 20.3. The second-order valence-electron chi connectivity index (χ2n) is 5.86. The summed E-state index contributed by atoms with van der Waals surface area (Å²) in [5, 5.41) is 7.94. The number of aromatic nitrogens is 3. The second-order valence-corrected chi connectivity index (χ2v) is 5.86. The van der Waals surface area contributed by atoms with E-state index in [4.69, 9.17) is 14.2 Å². The molecule has 1 aromatic heterocycles. The number of hydrogen-bond donors (Lipinski definition) is 0. The van der Waals surface area contributed by atoms with Gasteiger partial charge in [-0.1, -0.05) is 12.1 Å². The van der Waals surface area contributed by atoms with Crippen LogP contribution >= 0.6 is 0 Å². The highest BCUT2D eigenvalue weighted by atomic mass is 19.1. The van der Waals surface area contributed by atoms with Crippen molar-refractivity contribution in [2.45, 2.75) is 13.3 Å². The van der Waals surface area contributed by atoms with E-state index in [2.05, 4.69) is 10.3 Å². The van der Waals surface area contributed by atoms with Gasteiger partial charge in [-0.25, -0.2) is 18.7 Å². The maximum atomic E-state index is 14.9. The molecular formula is C18H19FN4O5. The molecule has 0 saturated heterocycles. The third kappa shape index (κ3) is 3.58. The molecule has 0 bridgehead atoms. The van der Waals surface area contributed by atoms with Crippen LogP contribution in [0.3, 0.4) is 0 Å². The van der Waals surface area contributed by atoms with Gasteiger partial charge in [0.05, 0.1) is 49.7 Å². The first-order valence-corrected chi connectivity index (χ1v) is 8.46.